The van der Waals surface area contributed by atoms with Gasteiger partial charge in [-0.2, -0.15) is 0 Å². The number of rotatable bonds is 6. The van der Waals surface area contributed by atoms with Crippen molar-refractivity contribution in [1.29, 1.82) is 0 Å². The van der Waals surface area contributed by atoms with E-state index in [0.717, 1.165) is 0 Å². The Morgan fingerprint density at radius 2 is 1.91 bits per heavy atom. The largest absolute Gasteiger partial charge is 0.480 e. The molecule has 0 fully saturated rings. The van der Waals surface area contributed by atoms with Crippen molar-refractivity contribution in [2.75, 3.05) is 14.1 Å². The van der Waals surface area contributed by atoms with Crippen molar-refractivity contribution in [3.05, 3.63) is 47.5 Å². The van der Waals surface area contributed by atoms with Gasteiger partial charge in [-0.05, 0) is 31.5 Å². The minimum Gasteiger partial charge on any atom is -0.480 e. The van der Waals surface area contributed by atoms with Gasteiger partial charge in [0.2, 0.25) is 0 Å². The summed E-state index contributed by atoms with van der Waals surface area (Å²) in [4.78, 5) is 36.6. The number of nitrogens with one attached hydrogen (secondary N) is 1. The molecule has 1 atom stereocenters. The molecule has 0 radical (unpaired) electrons. The highest BCUT2D eigenvalue weighted by Gasteiger charge is 2.20. The van der Waals surface area contributed by atoms with E-state index in [2.05, 4.69) is 5.32 Å². The van der Waals surface area contributed by atoms with Crippen LogP contribution in [-0.4, -0.2) is 47.9 Å². The Bertz CT molecular complexity index is 594. The SMILES string of the molecule is C/C=C/CC(NC(=O)c1cccc(C(=O)N(C)C)c1)C(=O)O. The third kappa shape index (κ3) is 4.73. The first-order chi connectivity index (χ1) is 10.4. The van der Waals surface area contributed by atoms with Crippen molar-refractivity contribution >= 4 is 17.8 Å². The predicted octanol–water partition coefficient (Wildman–Crippen LogP) is 1.54. The van der Waals surface area contributed by atoms with Crippen LogP contribution in [0.2, 0.25) is 0 Å². The second-order valence-electron chi connectivity index (χ2n) is 4.95. The highest BCUT2D eigenvalue weighted by atomic mass is 16.4. The third-order valence-corrected chi connectivity index (χ3v) is 2.99. The lowest BCUT2D eigenvalue weighted by molar-refractivity contribution is -0.139. The van der Waals surface area contributed by atoms with Crippen LogP contribution in [0.1, 0.15) is 34.1 Å². The molecule has 0 bridgehead atoms. The van der Waals surface area contributed by atoms with Crippen LogP contribution in [0.4, 0.5) is 0 Å². The number of carbonyl (C=O) groups excluding carboxylic acids is 2. The molecule has 0 saturated heterocycles. The zero-order valence-corrected chi connectivity index (χ0v) is 12.9. The average Bonchev–Trinajstić information content (AvgIpc) is 2.50. The summed E-state index contributed by atoms with van der Waals surface area (Å²) >= 11 is 0. The van der Waals surface area contributed by atoms with E-state index in [4.69, 9.17) is 5.11 Å². The molecule has 0 aliphatic rings. The van der Waals surface area contributed by atoms with E-state index < -0.39 is 17.9 Å². The van der Waals surface area contributed by atoms with E-state index in [1.807, 2.05) is 0 Å². The molecule has 0 saturated carbocycles. The van der Waals surface area contributed by atoms with Crippen LogP contribution in [0.25, 0.3) is 0 Å². The summed E-state index contributed by atoms with van der Waals surface area (Å²) in [7, 11) is 3.24. The quantitative estimate of drug-likeness (QED) is 0.780. The first kappa shape index (κ1) is 17.4. The van der Waals surface area contributed by atoms with Gasteiger partial charge in [0.15, 0.2) is 0 Å². The van der Waals surface area contributed by atoms with Crippen molar-refractivity contribution in [2.45, 2.75) is 19.4 Å². The molecule has 1 unspecified atom stereocenters. The van der Waals surface area contributed by atoms with E-state index in [1.165, 1.54) is 17.0 Å². The molecule has 0 aromatic heterocycles. The van der Waals surface area contributed by atoms with Crippen molar-refractivity contribution in [3.8, 4) is 0 Å². The summed E-state index contributed by atoms with van der Waals surface area (Å²) < 4.78 is 0. The Morgan fingerprint density at radius 3 is 2.45 bits per heavy atom. The molecule has 1 aromatic carbocycles. The van der Waals surface area contributed by atoms with E-state index in [1.54, 1.807) is 45.3 Å². The maximum atomic E-state index is 12.1. The van der Waals surface area contributed by atoms with Crippen molar-refractivity contribution in [1.82, 2.24) is 10.2 Å². The van der Waals surface area contributed by atoms with Gasteiger partial charge in [0.1, 0.15) is 6.04 Å². The highest BCUT2D eigenvalue weighted by molar-refractivity contribution is 6.00. The molecule has 6 heteroatoms. The first-order valence-corrected chi connectivity index (χ1v) is 6.83. The molecule has 0 heterocycles. The fourth-order valence-electron chi connectivity index (χ4n) is 1.79. The van der Waals surface area contributed by atoms with E-state index in [9.17, 15) is 14.4 Å². The van der Waals surface area contributed by atoms with Crippen LogP contribution in [-0.2, 0) is 4.79 Å². The molecule has 1 rings (SSSR count). The molecule has 118 valence electrons. The molecule has 6 nitrogen and oxygen atoms in total. The van der Waals surface area contributed by atoms with E-state index >= 15 is 0 Å². The Kier molecular flexibility index (Phi) is 6.31. The number of benzene rings is 1. The molecular weight excluding hydrogens is 284 g/mol. The standard InChI is InChI=1S/C16H20N2O4/c1-4-5-9-13(16(21)22)17-14(19)11-7-6-8-12(10-11)15(20)18(2)3/h4-8,10,13H,9H2,1-3H3,(H,17,19)(H,21,22)/b5-4+. The molecule has 0 aliphatic carbocycles. The van der Waals surface area contributed by atoms with Crippen LogP contribution in [0.5, 0.6) is 0 Å². The van der Waals surface area contributed by atoms with Crippen LogP contribution >= 0.6 is 0 Å². The summed E-state index contributed by atoms with van der Waals surface area (Å²) in [5.74, 6) is -1.85. The molecule has 0 aliphatic heterocycles. The summed E-state index contributed by atoms with van der Waals surface area (Å²) in [6.45, 7) is 1.77. The number of aliphatic carboxylic acids is 1. The number of nitrogens with zero attached hydrogens (tertiary/aromatic N) is 1. The minimum absolute atomic E-state index is 0.202. The minimum atomic E-state index is -1.10. The number of hydrogen-bond acceptors (Lipinski definition) is 3. The Hall–Kier alpha value is -2.63. The number of carboxylic acid groups (broad SMARTS) is 1. The van der Waals surface area contributed by atoms with Gasteiger partial charge in [-0.15, -0.1) is 0 Å². The summed E-state index contributed by atoms with van der Waals surface area (Å²) in [5.41, 5.74) is 0.623. The van der Waals surface area contributed by atoms with Crippen LogP contribution in [0, 0.1) is 0 Å². The van der Waals surface area contributed by atoms with Gasteiger partial charge in [0.05, 0.1) is 0 Å². The van der Waals surface area contributed by atoms with Gasteiger partial charge < -0.3 is 15.3 Å². The number of hydrogen-bond donors (Lipinski definition) is 2. The molecule has 1 aromatic rings. The van der Waals surface area contributed by atoms with Crippen molar-refractivity contribution < 1.29 is 19.5 Å². The van der Waals surface area contributed by atoms with Crippen LogP contribution in [0.15, 0.2) is 36.4 Å². The smallest absolute Gasteiger partial charge is 0.326 e. The predicted molar refractivity (Wildman–Crippen MR) is 82.8 cm³/mol. The molecular formula is C16H20N2O4. The summed E-state index contributed by atoms with van der Waals surface area (Å²) in [6.07, 6.45) is 3.59. The molecule has 2 amide bonds. The number of carboxylic acids is 1. The highest BCUT2D eigenvalue weighted by Crippen LogP contribution is 2.08. The fraction of sp³-hybridized carbons (Fsp3) is 0.312. The van der Waals surface area contributed by atoms with Gasteiger partial charge in [-0.1, -0.05) is 18.2 Å². The van der Waals surface area contributed by atoms with Gasteiger partial charge in [-0.25, -0.2) is 4.79 Å². The topological polar surface area (TPSA) is 86.7 Å². The molecule has 0 spiro atoms. The third-order valence-electron chi connectivity index (χ3n) is 2.99. The van der Waals surface area contributed by atoms with Crippen LogP contribution in [0.3, 0.4) is 0 Å². The summed E-state index contributed by atoms with van der Waals surface area (Å²) in [6, 6.07) is 5.18. The lowest BCUT2D eigenvalue weighted by Gasteiger charge is -2.14. The monoisotopic (exact) mass is 304 g/mol. The zero-order valence-electron chi connectivity index (χ0n) is 12.9. The number of amides is 2. The first-order valence-electron chi connectivity index (χ1n) is 6.83. The maximum absolute atomic E-state index is 12.1. The summed E-state index contributed by atoms with van der Waals surface area (Å²) in [5, 5.41) is 11.6. The molecule has 22 heavy (non-hydrogen) atoms. The van der Waals surface area contributed by atoms with Crippen LogP contribution < -0.4 is 5.32 Å². The molecule has 2 N–H and O–H groups in total. The Labute approximate surface area is 129 Å². The van der Waals surface area contributed by atoms with Gasteiger partial charge >= 0.3 is 5.97 Å². The lowest BCUT2D eigenvalue weighted by Crippen LogP contribution is -2.40. The van der Waals surface area contributed by atoms with Gasteiger partial charge in [0.25, 0.3) is 11.8 Å². The second-order valence-corrected chi connectivity index (χ2v) is 4.95. The average molecular weight is 304 g/mol. The maximum Gasteiger partial charge on any atom is 0.326 e. The van der Waals surface area contributed by atoms with Gasteiger partial charge in [-0.3, -0.25) is 9.59 Å². The lowest BCUT2D eigenvalue weighted by atomic mass is 10.1. The Morgan fingerprint density at radius 1 is 1.27 bits per heavy atom. The fourth-order valence-corrected chi connectivity index (χ4v) is 1.79. The number of allylic oxidation sites excluding steroid dienone is 1. The normalized spacial score (nSPS) is 12.0. The van der Waals surface area contributed by atoms with Crippen molar-refractivity contribution in [3.63, 3.8) is 0 Å². The second kappa shape index (κ2) is 7.97. The van der Waals surface area contributed by atoms with Crippen molar-refractivity contribution in [2.24, 2.45) is 0 Å². The van der Waals surface area contributed by atoms with Gasteiger partial charge in [0, 0.05) is 25.2 Å². The van der Waals surface area contributed by atoms with E-state index in [0.29, 0.717) is 5.56 Å². The number of carbonyl (C=O) groups is 3. The van der Waals surface area contributed by atoms with E-state index in [-0.39, 0.29) is 17.9 Å². The zero-order chi connectivity index (χ0) is 16.7. The Balaban J connectivity index is 2.91.